The second-order valence-electron chi connectivity index (χ2n) is 7.10. The Bertz CT molecular complexity index is 899. The standard InChI is InChI=1S/C20H24N6O3/c21-17-16-14(19(28)22-7-6-13-4-2-1-3-5-13)12-15(27)23-18(16)25-20(24-17)26-8-10-29-11-9-26/h1-5,14H,6-12H2,(H,22,28)(H3,21,23,24,25,27)/t14-/m0/s1. The first-order chi connectivity index (χ1) is 14.1. The van der Waals surface area contributed by atoms with Gasteiger partial charge in [-0.15, -0.1) is 0 Å². The summed E-state index contributed by atoms with van der Waals surface area (Å²) in [6.07, 6.45) is 0.731. The van der Waals surface area contributed by atoms with E-state index in [1.807, 2.05) is 35.2 Å². The van der Waals surface area contributed by atoms with Crippen molar-refractivity contribution in [3.05, 3.63) is 41.5 Å². The minimum atomic E-state index is -0.701. The highest BCUT2D eigenvalue weighted by molar-refractivity contribution is 6.01. The number of hydrogen-bond donors (Lipinski definition) is 3. The molecule has 2 amide bonds. The molecule has 29 heavy (non-hydrogen) atoms. The number of nitrogen functional groups attached to an aromatic ring is 1. The number of nitrogens with one attached hydrogen (secondary N) is 2. The lowest BCUT2D eigenvalue weighted by molar-refractivity contribution is -0.126. The van der Waals surface area contributed by atoms with Gasteiger partial charge in [-0.05, 0) is 12.0 Å². The second-order valence-corrected chi connectivity index (χ2v) is 7.10. The van der Waals surface area contributed by atoms with Gasteiger partial charge in [-0.25, -0.2) is 0 Å². The number of fused-ring (bicyclic) bond motifs is 1. The SMILES string of the molecule is Nc1nc(N2CCOCC2)nc2c1[C@@H](C(=O)NCCc1ccccc1)CC(=O)N2. The summed E-state index contributed by atoms with van der Waals surface area (Å²) in [5.74, 6) is -0.223. The van der Waals surface area contributed by atoms with Gasteiger partial charge in [-0.1, -0.05) is 30.3 Å². The molecule has 9 heteroatoms. The summed E-state index contributed by atoms with van der Waals surface area (Å²) in [7, 11) is 0. The molecular weight excluding hydrogens is 372 g/mol. The minimum Gasteiger partial charge on any atom is -0.383 e. The van der Waals surface area contributed by atoms with Crippen LogP contribution in [0.25, 0.3) is 0 Å². The lowest BCUT2D eigenvalue weighted by Crippen LogP contribution is -2.39. The van der Waals surface area contributed by atoms with Gasteiger partial charge in [0.2, 0.25) is 17.8 Å². The van der Waals surface area contributed by atoms with E-state index < -0.39 is 5.92 Å². The number of anilines is 3. The minimum absolute atomic E-state index is 0.0225. The number of benzene rings is 1. The number of nitrogens with zero attached hydrogens (tertiary/aromatic N) is 3. The van der Waals surface area contributed by atoms with Crippen LogP contribution in [0.3, 0.4) is 0 Å². The number of morpholine rings is 1. The Labute approximate surface area is 168 Å². The molecule has 1 saturated heterocycles. The molecule has 2 aliphatic rings. The van der Waals surface area contributed by atoms with Crippen molar-refractivity contribution in [1.29, 1.82) is 0 Å². The molecule has 152 valence electrons. The molecule has 1 atom stereocenters. The molecule has 0 bridgehead atoms. The van der Waals surface area contributed by atoms with Crippen molar-refractivity contribution in [1.82, 2.24) is 15.3 Å². The first-order valence-corrected chi connectivity index (χ1v) is 9.73. The molecule has 1 fully saturated rings. The third kappa shape index (κ3) is 4.29. The molecule has 3 heterocycles. The van der Waals surface area contributed by atoms with Crippen molar-refractivity contribution in [3.63, 3.8) is 0 Å². The molecule has 0 unspecified atom stereocenters. The number of hydrogen-bond acceptors (Lipinski definition) is 7. The molecule has 1 aromatic carbocycles. The fraction of sp³-hybridized carbons (Fsp3) is 0.400. The Morgan fingerprint density at radius 2 is 2.00 bits per heavy atom. The predicted molar refractivity (Wildman–Crippen MR) is 109 cm³/mol. The fourth-order valence-electron chi connectivity index (χ4n) is 3.61. The van der Waals surface area contributed by atoms with E-state index in [1.165, 1.54) is 0 Å². The average Bonchev–Trinajstić information content (AvgIpc) is 2.74. The zero-order valence-electron chi connectivity index (χ0n) is 16.1. The topological polar surface area (TPSA) is 122 Å². The van der Waals surface area contributed by atoms with Crippen LogP contribution in [-0.4, -0.2) is 54.6 Å². The molecule has 0 spiro atoms. The summed E-state index contributed by atoms with van der Waals surface area (Å²) in [6, 6.07) is 9.89. The Morgan fingerprint density at radius 1 is 1.24 bits per heavy atom. The molecular formula is C20H24N6O3. The van der Waals surface area contributed by atoms with E-state index in [4.69, 9.17) is 10.5 Å². The normalized spacial score (nSPS) is 18.7. The van der Waals surface area contributed by atoms with Gasteiger partial charge in [-0.2, -0.15) is 9.97 Å². The maximum atomic E-state index is 12.8. The first kappa shape index (κ1) is 19.1. The van der Waals surface area contributed by atoms with Crippen molar-refractivity contribution in [2.45, 2.75) is 18.8 Å². The van der Waals surface area contributed by atoms with Gasteiger partial charge >= 0.3 is 0 Å². The van der Waals surface area contributed by atoms with Crippen LogP contribution >= 0.6 is 0 Å². The molecule has 0 saturated carbocycles. The average molecular weight is 396 g/mol. The number of rotatable bonds is 5. The van der Waals surface area contributed by atoms with Crippen LogP contribution in [0.1, 0.15) is 23.5 Å². The van der Waals surface area contributed by atoms with E-state index in [0.29, 0.717) is 56.6 Å². The van der Waals surface area contributed by atoms with Crippen LogP contribution in [0.4, 0.5) is 17.6 Å². The van der Waals surface area contributed by atoms with Crippen LogP contribution in [0.2, 0.25) is 0 Å². The second kappa shape index (κ2) is 8.44. The zero-order chi connectivity index (χ0) is 20.2. The highest BCUT2D eigenvalue weighted by atomic mass is 16.5. The van der Waals surface area contributed by atoms with E-state index in [9.17, 15) is 9.59 Å². The van der Waals surface area contributed by atoms with Gasteiger partial charge < -0.3 is 26.0 Å². The van der Waals surface area contributed by atoms with E-state index in [-0.39, 0.29) is 24.1 Å². The third-order valence-corrected chi connectivity index (χ3v) is 5.13. The summed E-state index contributed by atoms with van der Waals surface area (Å²) < 4.78 is 5.35. The van der Waals surface area contributed by atoms with Gasteiger partial charge in [-0.3, -0.25) is 9.59 Å². The Morgan fingerprint density at radius 3 is 2.76 bits per heavy atom. The van der Waals surface area contributed by atoms with Crippen LogP contribution in [0.15, 0.2) is 30.3 Å². The highest BCUT2D eigenvalue weighted by Crippen LogP contribution is 2.36. The van der Waals surface area contributed by atoms with Gasteiger partial charge in [0.15, 0.2) is 0 Å². The van der Waals surface area contributed by atoms with Gasteiger partial charge in [0.25, 0.3) is 0 Å². The largest absolute Gasteiger partial charge is 0.383 e. The van der Waals surface area contributed by atoms with E-state index >= 15 is 0 Å². The Balaban J connectivity index is 1.50. The van der Waals surface area contributed by atoms with Crippen LogP contribution in [-0.2, 0) is 20.7 Å². The number of amides is 2. The van der Waals surface area contributed by atoms with E-state index in [2.05, 4.69) is 20.6 Å². The van der Waals surface area contributed by atoms with Crippen molar-refractivity contribution in [3.8, 4) is 0 Å². The molecule has 2 aromatic rings. The van der Waals surface area contributed by atoms with Crippen molar-refractivity contribution in [2.75, 3.05) is 48.8 Å². The first-order valence-electron chi connectivity index (χ1n) is 9.73. The fourth-order valence-corrected chi connectivity index (χ4v) is 3.61. The van der Waals surface area contributed by atoms with Gasteiger partial charge in [0.1, 0.15) is 11.6 Å². The summed E-state index contributed by atoms with van der Waals surface area (Å²) >= 11 is 0. The lowest BCUT2D eigenvalue weighted by Gasteiger charge is -2.30. The van der Waals surface area contributed by atoms with E-state index in [0.717, 1.165) is 5.56 Å². The Hall–Kier alpha value is -3.20. The van der Waals surface area contributed by atoms with Gasteiger partial charge in [0, 0.05) is 26.1 Å². The van der Waals surface area contributed by atoms with Crippen molar-refractivity contribution in [2.24, 2.45) is 0 Å². The molecule has 4 N–H and O–H groups in total. The number of carbonyl (C=O) groups is 2. The molecule has 1 aromatic heterocycles. The van der Waals surface area contributed by atoms with Gasteiger partial charge in [0.05, 0.1) is 24.7 Å². The van der Waals surface area contributed by atoms with Crippen molar-refractivity contribution >= 4 is 29.4 Å². The summed E-state index contributed by atoms with van der Waals surface area (Å²) in [5.41, 5.74) is 7.82. The molecule has 0 radical (unpaired) electrons. The number of aromatic nitrogens is 2. The zero-order valence-corrected chi connectivity index (χ0v) is 16.1. The molecule has 0 aliphatic carbocycles. The third-order valence-electron chi connectivity index (χ3n) is 5.13. The highest BCUT2D eigenvalue weighted by Gasteiger charge is 2.35. The van der Waals surface area contributed by atoms with Crippen LogP contribution in [0.5, 0.6) is 0 Å². The monoisotopic (exact) mass is 396 g/mol. The lowest BCUT2D eigenvalue weighted by atomic mass is 9.92. The van der Waals surface area contributed by atoms with Crippen LogP contribution < -0.4 is 21.3 Å². The van der Waals surface area contributed by atoms with Crippen molar-refractivity contribution < 1.29 is 14.3 Å². The smallest absolute Gasteiger partial charge is 0.229 e. The van der Waals surface area contributed by atoms with Crippen LogP contribution in [0, 0.1) is 0 Å². The summed E-state index contributed by atoms with van der Waals surface area (Å²) in [4.78, 5) is 35.8. The molecule has 2 aliphatic heterocycles. The maximum absolute atomic E-state index is 12.8. The molecule has 4 rings (SSSR count). The van der Waals surface area contributed by atoms with E-state index in [1.54, 1.807) is 0 Å². The number of ether oxygens (including phenoxy) is 1. The number of nitrogens with two attached hydrogens (primary N) is 1. The maximum Gasteiger partial charge on any atom is 0.229 e. The Kier molecular flexibility index (Phi) is 5.57. The quantitative estimate of drug-likeness (QED) is 0.679. The summed E-state index contributed by atoms with van der Waals surface area (Å²) in [5, 5.41) is 5.65. The molecule has 9 nitrogen and oxygen atoms in total. The summed E-state index contributed by atoms with van der Waals surface area (Å²) in [6.45, 7) is 2.94. The number of carbonyl (C=O) groups excluding carboxylic acids is 2. The predicted octanol–water partition coefficient (Wildman–Crippen LogP) is 0.680.